The molecule has 0 unspecified atom stereocenters. The van der Waals surface area contributed by atoms with Gasteiger partial charge in [0.05, 0.1) is 0 Å². The predicted molar refractivity (Wildman–Crippen MR) is 314 cm³/mol. The second-order valence-electron chi connectivity index (χ2n) is 19.2. The molecule has 1 aromatic heterocycles. The van der Waals surface area contributed by atoms with Crippen molar-refractivity contribution in [1.82, 2.24) is 10.3 Å². The first-order valence-corrected chi connectivity index (χ1v) is 26.5. The number of aromatic nitrogens is 1. The van der Waals surface area contributed by atoms with Gasteiger partial charge in [-0.1, -0.05) is 185 Å². The summed E-state index contributed by atoms with van der Waals surface area (Å²) in [5.41, 5.74) is 20.1. The number of aliphatic carboxylic acids is 2. The van der Waals surface area contributed by atoms with Crippen molar-refractivity contribution in [3.8, 4) is 33.4 Å². The van der Waals surface area contributed by atoms with E-state index in [9.17, 15) is 29.1 Å². The first kappa shape index (κ1) is 69.7. The number of para-hydroxylation sites is 1. The van der Waals surface area contributed by atoms with Gasteiger partial charge in [0, 0.05) is 64.5 Å². The second kappa shape index (κ2) is 34.2. The Kier molecular flexibility index (Phi) is 28.4. The van der Waals surface area contributed by atoms with Crippen LogP contribution in [0.25, 0.3) is 44.3 Å². The molecule has 3 aliphatic carbocycles. The number of fused-ring (bicyclic) bond motifs is 10. The summed E-state index contributed by atoms with van der Waals surface area (Å²) in [5, 5.41) is 29.9. The SMILES string of the molecule is C.CC(C)C[C@H](NC(=O)OCC1c2ccccc2-c2ccccc21)C(=O)O.N[C@@H](Cc1c[nH]c2ccccc12)C(=O)O.O=C(Cl)OCC1c2ccccc2-c2ccccc21.O=C(Cl)OCC1c2ccccc2-c2ccccc21.O=CO[O-].[H-].[Na+].[Na+]. The third-order valence-corrected chi connectivity index (χ3v) is 14.0. The molecule has 1 heterocycles. The summed E-state index contributed by atoms with van der Waals surface area (Å²) in [5.74, 6) is -1.74. The molecule has 0 radical (unpaired) electrons. The van der Waals surface area contributed by atoms with Crippen LogP contribution in [0.3, 0.4) is 0 Å². The molecule has 1 amide bonds. The Morgan fingerprint density at radius 2 is 0.905 bits per heavy atom. The fraction of sp³-hybridized carbons (Fsp3) is 0.219. The van der Waals surface area contributed by atoms with Crippen molar-refractivity contribution in [2.75, 3.05) is 19.8 Å². The molecule has 20 heteroatoms. The van der Waals surface area contributed by atoms with E-state index < -0.39 is 41.0 Å². The number of carbonyl (C=O) groups is 6. The number of halogens is 2. The topological polar surface area (TPSA) is 257 Å². The smallest absolute Gasteiger partial charge is 1.00 e. The number of hydrogen-bond acceptors (Lipinski definition) is 12. The zero-order chi connectivity index (χ0) is 58.0. The van der Waals surface area contributed by atoms with Crippen molar-refractivity contribution in [1.29, 1.82) is 0 Å². The van der Waals surface area contributed by atoms with E-state index >= 15 is 0 Å². The van der Waals surface area contributed by atoms with Crippen molar-refractivity contribution in [2.45, 2.75) is 64.0 Å². The standard InChI is InChI=1S/C21H23NO4.2C15H11ClO2.C11H12N2O2.CH2O3.CH4.2Na.H/c1-13(2)11-19(20(23)24)22-21(25)26-12-18-16-9-5-3-7-14(16)15-8-4-6-10-17(15)18;2*16-15(17)18-9-14-12-7-3-1-5-10(12)11-6-2-4-8-13(11)14;12-9(11(14)15)5-7-6-13-10-4-2-1-3-8(7)10;2-1-4-3;;;;/h3-10,13,18-19H,11-12H2,1-2H3,(H,22,25)(H,23,24);2*1-8,14H,9H2;1-4,6,9,13H,5,12H2,(H,14,15);1,3H;1H4;;;/q;;;;;;2*+1;-1/p-1/t19-;;;9-;;;;;/m0..0...../s1. The normalized spacial score (nSPS) is 12.4. The molecule has 84 heavy (non-hydrogen) atoms. The molecule has 7 aromatic carbocycles. The first-order chi connectivity index (χ1) is 39.1. The largest absolute Gasteiger partial charge is 1.00 e. The molecular weight excluding hydrogens is 1140 g/mol. The number of nitrogens with one attached hydrogen (secondary N) is 2. The Bertz CT molecular complexity index is 3270. The molecular formula is C64H63Cl2N3Na2O13. The minimum Gasteiger partial charge on any atom is -1.00 e. The molecule has 2 atom stereocenters. The van der Waals surface area contributed by atoms with Crippen LogP contribution in [0.5, 0.6) is 0 Å². The molecule has 6 N–H and O–H groups in total. The minimum atomic E-state index is -1.05. The van der Waals surface area contributed by atoms with Gasteiger partial charge >= 0.3 is 88.0 Å². The van der Waals surface area contributed by atoms with Crippen LogP contribution in [0.2, 0.25) is 0 Å². The van der Waals surface area contributed by atoms with E-state index in [2.05, 4.69) is 75.9 Å². The molecule has 0 saturated heterocycles. The van der Waals surface area contributed by atoms with E-state index in [1.54, 1.807) is 0 Å². The number of rotatable bonds is 14. The van der Waals surface area contributed by atoms with Crippen molar-refractivity contribution in [3.63, 3.8) is 0 Å². The van der Waals surface area contributed by atoms with Gasteiger partial charge in [0.25, 0.3) is 6.47 Å². The molecule has 0 bridgehead atoms. The molecule has 0 saturated carbocycles. The zero-order valence-corrected chi connectivity index (χ0v) is 51.6. The number of aromatic amines is 1. The maximum atomic E-state index is 12.1. The summed E-state index contributed by atoms with van der Waals surface area (Å²) in [6, 6.07) is 54.9. The Morgan fingerprint density at radius 3 is 1.21 bits per heavy atom. The monoisotopic (exact) mass is 1200 g/mol. The van der Waals surface area contributed by atoms with Crippen molar-refractivity contribution >= 4 is 69.5 Å². The van der Waals surface area contributed by atoms with Gasteiger partial charge in [-0.25, -0.2) is 19.2 Å². The maximum Gasteiger partial charge on any atom is 1.00 e. The van der Waals surface area contributed by atoms with E-state index in [0.717, 1.165) is 38.7 Å². The second-order valence-corrected chi connectivity index (χ2v) is 19.9. The molecule has 8 aromatic rings. The number of alkyl carbamates (subject to hydrolysis) is 1. The number of carboxylic acids is 2. The van der Waals surface area contributed by atoms with Crippen LogP contribution in [-0.2, 0) is 39.9 Å². The third-order valence-electron chi connectivity index (χ3n) is 13.8. The number of amides is 1. The van der Waals surface area contributed by atoms with Crippen LogP contribution in [0.1, 0.15) is 85.8 Å². The molecule has 11 rings (SSSR count). The van der Waals surface area contributed by atoms with Crippen LogP contribution >= 0.6 is 23.2 Å². The molecule has 428 valence electrons. The average Bonchev–Trinajstić information content (AvgIpc) is 4.44. The Hall–Kier alpha value is -6.80. The van der Waals surface area contributed by atoms with Gasteiger partial charge in [-0.2, -0.15) is 0 Å². The number of carboxylic acid groups (broad SMARTS) is 2. The summed E-state index contributed by atoms with van der Waals surface area (Å²) < 4.78 is 15.3. The van der Waals surface area contributed by atoms with E-state index in [4.69, 9.17) is 58.3 Å². The predicted octanol–water partition coefficient (Wildman–Crippen LogP) is 6.69. The number of carbonyl (C=O) groups excluding carboxylic acids is 4. The molecule has 16 nitrogen and oxygen atoms in total. The van der Waals surface area contributed by atoms with E-state index in [0.29, 0.717) is 12.8 Å². The van der Waals surface area contributed by atoms with Gasteiger partial charge in [0.1, 0.15) is 31.9 Å². The van der Waals surface area contributed by atoms with E-state index in [1.165, 1.54) is 44.5 Å². The van der Waals surface area contributed by atoms with Crippen molar-refractivity contribution < 1.29 is 124 Å². The average molecular weight is 1200 g/mol. The Morgan fingerprint density at radius 1 is 0.583 bits per heavy atom. The van der Waals surface area contributed by atoms with Gasteiger partial charge in [-0.15, -0.1) is 0 Å². The van der Waals surface area contributed by atoms with Crippen molar-refractivity contribution in [2.24, 2.45) is 11.7 Å². The number of hydrogen-bond donors (Lipinski definition) is 5. The van der Waals surface area contributed by atoms with Crippen LogP contribution in [0.15, 0.2) is 176 Å². The van der Waals surface area contributed by atoms with Gasteiger partial charge in [-0.3, -0.25) is 9.59 Å². The Balaban J connectivity index is 0.000000291. The maximum absolute atomic E-state index is 12.1. The van der Waals surface area contributed by atoms with Crippen LogP contribution < -0.4 is 75.4 Å². The third kappa shape index (κ3) is 18.1. The molecule has 3 aliphatic rings. The number of nitrogens with two attached hydrogens (primary N) is 1. The van der Waals surface area contributed by atoms with E-state index in [1.807, 2.05) is 129 Å². The van der Waals surface area contributed by atoms with Gasteiger partial charge in [-0.05, 0) is 90.7 Å². The van der Waals surface area contributed by atoms with Crippen LogP contribution in [0, 0.1) is 5.92 Å². The molecule has 0 aliphatic heterocycles. The first-order valence-electron chi connectivity index (χ1n) is 25.7. The summed E-state index contributed by atoms with van der Waals surface area (Å²) in [6.45, 7) is 4.39. The van der Waals surface area contributed by atoms with Crippen LogP contribution in [0.4, 0.5) is 14.4 Å². The molecule has 0 fully saturated rings. The fourth-order valence-corrected chi connectivity index (χ4v) is 10.4. The van der Waals surface area contributed by atoms with Crippen LogP contribution in [-0.4, -0.2) is 82.5 Å². The summed E-state index contributed by atoms with van der Waals surface area (Å²) in [6.07, 6.45) is 1.83. The summed E-state index contributed by atoms with van der Waals surface area (Å²) in [7, 11) is 0. The van der Waals surface area contributed by atoms with Crippen molar-refractivity contribution in [3.05, 3.63) is 215 Å². The van der Waals surface area contributed by atoms with Gasteiger partial charge in [0.2, 0.25) is 0 Å². The summed E-state index contributed by atoms with van der Waals surface area (Å²) >= 11 is 10.5. The zero-order valence-electron chi connectivity index (χ0n) is 47.0. The Labute approximate surface area is 543 Å². The number of ether oxygens (including phenoxy) is 3. The fourth-order valence-electron chi connectivity index (χ4n) is 10.3. The quantitative estimate of drug-likeness (QED) is 0.0190. The van der Waals surface area contributed by atoms with Gasteiger partial charge < -0.3 is 52.0 Å². The van der Waals surface area contributed by atoms with E-state index in [-0.39, 0.29) is 118 Å². The molecule has 0 spiro atoms. The number of H-pyrrole nitrogens is 1. The minimum absolute atomic E-state index is 0. The number of benzene rings is 7. The van der Waals surface area contributed by atoms with Gasteiger partial charge in [0.15, 0.2) is 0 Å². The summed E-state index contributed by atoms with van der Waals surface area (Å²) in [4.78, 5) is 69.9.